The molecule has 2 atom stereocenters. The molecule has 0 amide bonds. The molecule has 0 saturated carbocycles. The van der Waals surface area contributed by atoms with Gasteiger partial charge in [0.25, 0.3) is 0 Å². The van der Waals surface area contributed by atoms with Crippen LogP contribution >= 0.6 is 9.24 Å². The van der Waals surface area contributed by atoms with Crippen molar-refractivity contribution >= 4 is 9.24 Å². The van der Waals surface area contributed by atoms with Gasteiger partial charge < -0.3 is 0 Å². The SMILES string of the molecule is CC(C)c1cc(C(F)(F)F)cc(C(C)(F)P)c1. The molecule has 0 fully saturated rings. The van der Waals surface area contributed by atoms with Crippen molar-refractivity contribution in [2.45, 2.75) is 38.3 Å². The number of benzene rings is 1. The van der Waals surface area contributed by atoms with Crippen LogP contribution in [0.3, 0.4) is 0 Å². The molecule has 0 bridgehead atoms. The van der Waals surface area contributed by atoms with Crippen LogP contribution in [-0.4, -0.2) is 0 Å². The van der Waals surface area contributed by atoms with Gasteiger partial charge in [-0.2, -0.15) is 13.2 Å². The molecule has 1 rings (SSSR count). The predicted molar refractivity (Wildman–Crippen MR) is 63.7 cm³/mol. The van der Waals surface area contributed by atoms with Crippen LogP contribution in [0, 0.1) is 0 Å². The van der Waals surface area contributed by atoms with Gasteiger partial charge in [-0.15, -0.1) is 0 Å². The topological polar surface area (TPSA) is 0 Å². The van der Waals surface area contributed by atoms with Crippen molar-refractivity contribution in [3.63, 3.8) is 0 Å². The van der Waals surface area contributed by atoms with E-state index in [1.807, 2.05) is 9.24 Å². The third-order valence-corrected chi connectivity index (χ3v) is 2.85. The van der Waals surface area contributed by atoms with Crippen LogP contribution in [-0.2, 0) is 11.6 Å². The van der Waals surface area contributed by atoms with E-state index in [4.69, 9.17) is 0 Å². The second kappa shape index (κ2) is 4.56. The van der Waals surface area contributed by atoms with Crippen molar-refractivity contribution in [2.75, 3.05) is 0 Å². The lowest BCUT2D eigenvalue weighted by molar-refractivity contribution is -0.137. The fourth-order valence-electron chi connectivity index (χ4n) is 1.43. The zero-order chi connectivity index (χ0) is 13.4. The summed E-state index contributed by atoms with van der Waals surface area (Å²) in [4.78, 5) is 0. The molecular weight excluding hydrogens is 251 g/mol. The Hall–Kier alpha value is -0.630. The molecule has 0 aliphatic carbocycles. The molecule has 0 nitrogen and oxygen atoms in total. The molecule has 0 aliphatic rings. The molecule has 1 aromatic rings. The van der Waals surface area contributed by atoms with Gasteiger partial charge in [-0.3, -0.25) is 0 Å². The minimum absolute atomic E-state index is 0.0287. The molecule has 17 heavy (non-hydrogen) atoms. The highest BCUT2D eigenvalue weighted by Gasteiger charge is 2.33. The van der Waals surface area contributed by atoms with E-state index >= 15 is 0 Å². The van der Waals surface area contributed by atoms with Gasteiger partial charge in [0.1, 0.15) is 5.41 Å². The molecule has 0 radical (unpaired) electrons. The Labute approximate surface area is 101 Å². The molecule has 2 unspecified atom stereocenters. The largest absolute Gasteiger partial charge is 0.416 e. The van der Waals surface area contributed by atoms with Crippen molar-refractivity contribution < 1.29 is 17.6 Å². The Bertz CT molecular complexity index is 370. The molecule has 0 heterocycles. The van der Waals surface area contributed by atoms with E-state index in [-0.39, 0.29) is 11.5 Å². The lowest BCUT2D eigenvalue weighted by Gasteiger charge is -2.19. The Morgan fingerprint density at radius 2 is 1.47 bits per heavy atom. The van der Waals surface area contributed by atoms with Crippen LogP contribution in [0.25, 0.3) is 0 Å². The highest BCUT2D eigenvalue weighted by Crippen LogP contribution is 2.38. The van der Waals surface area contributed by atoms with E-state index < -0.39 is 17.1 Å². The summed E-state index contributed by atoms with van der Waals surface area (Å²) in [6, 6.07) is 3.41. The van der Waals surface area contributed by atoms with Crippen LogP contribution < -0.4 is 0 Å². The summed E-state index contributed by atoms with van der Waals surface area (Å²) in [6.45, 7) is 4.77. The van der Waals surface area contributed by atoms with Gasteiger partial charge in [0.15, 0.2) is 0 Å². The summed E-state index contributed by atoms with van der Waals surface area (Å²) in [5.74, 6) is -0.0802. The van der Waals surface area contributed by atoms with Crippen LogP contribution in [0.15, 0.2) is 18.2 Å². The maximum atomic E-state index is 13.7. The normalized spacial score (nSPS) is 16.1. The van der Waals surface area contributed by atoms with Gasteiger partial charge >= 0.3 is 6.18 Å². The number of hydrogen-bond acceptors (Lipinski definition) is 0. The lowest BCUT2D eigenvalue weighted by Crippen LogP contribution is -2.11. The Morgan fingerprint density at radius 3 is 1.82 bits per heavy atom. The lowest BCUT2D eigenvalue weighted by atomic mass is 9.96. The smallest absolute Gasteiger partial charge is 0.235 e. The second-order valence-electron chi connectivity index (χ2n) is 4.57. The van der Waals surface area contributed by atoms with Crippen molar-refractivity contribution in [3.8, 4) is 0 Å². The third-order valence-electron chi connectivity index (χ3n) is 2.51. The standard InChI is InChI=1S/C12H15F4P/c1-7(2)8-4-9(11(3,13)17)6-10(5-8)12(14,15)16/h4-7H,17H2,1-3H3. The molecular formula is C12H15F4P. The van der Waals surface area contributed by atoms with Crippen LogP contribution in [0.5, 0.6) is 0 Å². The van der Waals surface area contributed by atoms with Crippen LogP contribution in [0.2, 0.25) is 0 Å². The first-order chi connectivity index (χ1) is 7.51. The van der Waals surface area contributed by atoms with Crippen LogP contribution in [0.1, 0.15) is 43.4 Å². The Balaban J connectivity index is 3.40. The number of halogens is 4. The summed E-state index contributed by atoms with van der Waals surface area (Å²) >= 11 is 0. The second-order valence-corrected chi connectivity index (χ2v) is 5.66. The molecule has 1 aromatic carbocycles. The van der Waals surface area contributed by atoms with E-state index in [0.717, 1.165) is 12.1 Å². The fourth-order valence-corrected chi connectivity index (χ4v) is 1.60. The first kappa shape index (κ1) is 14.4. The van der Waals surface area contributed by atoms with E-state index in [0.29, 0.717) is 5.56 Å². The van der Waals surface area contributed by atoms with Gasteiger partial charge in [0.05, 0.1) is 5.56 Å². The fraction of sp³-hybridized carbons (Fsp3) is 0.500. The Morgan fingerprint density at radius 1 is 1.00 bits per heavy atom. The van der Waals surface area contributed by atoms with Gasteiger partial charge in [0, 0.05) is 0 Å². The maximum Gasteiger partial charge on any atom is 0.416 e. The minimum atomic E-state index is -4.45. The van der Waals surface area contributed by atoms with E-state index in [1.165, 1.54) is 13.0 Å². The summed E-state index contributed by atoms with van der Waals surface area (Å²) in [5.41, 5.74) is -0.285. The van der Waals surface area contributed by atoms with Gasteiger partial charge in [0.2, 0.25) is 0 Å². The summed E-state index contributed by atoms with van der Waals surface area (Å²) in [7, 11) is 1.91. The number of alkyl halides is 4. The van der Waals surface area contributed by atoms with E-state index in [2.05, 4.69) is 0 Å². The van der Waals surface area contributed by atoms with Crippen molar-refractivity contribution in [1.29, 1.82) is 0 Å². The zero-order valence-electron chi connectivity index (χ0n) is 9.90. The molecule has 0 N–H and O–H groups in total. The maximum absolute atomic E-state index is 13.7. The average Bonchev–Trinajstić information content (AvgIpc) is 2.14. The highest BCUT2D eigenvalue weighted by atomic mass is 31.0. The first-order valence-electron chi connectivity index (χ1n) is 5.22. The zero-order valence-corrected chi connectivity index (χ0v) is 11.1. The van der Waals surface area contributed by atoms with Gasteiger partial charge in [-0.25, -0.2) is 4.39 Å². The third kappa shape index (κ3) is 3.67. The Kier molecular flexibility index (Phi) is 3.87. The van der Waals surface area contributed by atoms with Crippen molar-refractivity contribution in [2.24, 2.45) is 0 Å². The first-order valence-corrected chi connectivity index (χ1v) is 5.80. The molecule has 0 saturated heterocycles. The van der Waals surface area contributed by atoms with Crippen LogP contribution in [0.4, 0.5) is 17.6 Å². The molecule has 96 valence electrons. The van der Waals surface area contributed by atoms with E-state index in [1.54, 1.807) is 13.8 Å². The average molecular weight is 266 g/mol. The predicted octanol–water partition coefficient (Wildman–Crippen LogP) is 4.85. The summed E-state index contributed by atoms with van der Waals surface area (Å²) in [6.07, 6.45) is -4.45. The molecule has 5 heteroatoms. The monoisotopic (exact) mass is 266 g/mol. The number of hydrogen-bond donors (Lipinski definition) is 0. The van der Waals surface area contributed by atoms with Gasteiger partial charge in [-0.05, 0) is 36.1 Å². The molecule has 0 aromatic heterocycles. The quantitative estimate of drug-likeness (QED) is 0.530. The van der Waals surface area contributed by atoms with Gasteiger partial charge in [-0.1, -0.05) is 29.2 Å². The number of rotatable bonds is 2. The highest BCUT2D eigenvalue weighted by molar-refractivity contribution is 7.18. The summed E-state index contributed by atoms with van der Waals surface area (Å²) < 4.78 is 51.7. The van der Waals surface area contributed by atoms with Crippen molar-refractivity contribution in [3.05, 3.63) is 34.9 Å². The van der Waals surface area contributed by atoms with E-state index in [9.17, 15) is 17.6 Å². The molecule has 0 aliphatic heterocycles. The summed E-state index contributed by atoms with van der Waals surface area (Å²) in [5, 5.41) is -1.86. The van der Waals surface area contributed by atoms with Crippen molar-refractivity contribution in [1.82, 2.24) is 0 Å². The molecule has 0 spiro atoms. The minimum Gasteiger partial charge on any atom is -0.235 e.